The summed E-state index contributed by atoms with van der Waals surface area (Å²) in [5.74, 6) is 5.74. The van der Waals surface area contributed by atoms with Crippen LogP contribution in [0.2, 0.25) is 0 Å². The van der Waals surface area contributed by atoms with Crippen LogP contribution in [0.25, 0.3) is 10.9 Å². The molecule has 0 unspecified atom stereocenters. The van der Waals surface area contributed by atoms with E-state index in [9.17, 15) is 9.90 Å². The Hall–Kier alpha value is -4.10. The number of ether oxygens (including phenoxy) is 1. The van der Waals surface area contributed by atoms with E-state index >= 15 is 0 Å². The number of pyridine rings is 1. The summed E-state index contributed by atoms with van der Waals surface area (Å²) in [5.41, 5.74) is 3.14. The van der Waals surface area contributed by atoms with Crippen molar-refractivity contribution in [1.82, 2.24) is 4.98 Å². The Labute approximate surface area is 168 Å². The van der Waals surface area contributed by atoms with E-state index < -0.39 is 5.97 Å². The van der Waals surface area contributed by atoms with E-state index in [0.717, 1.165) is 22.1 Å². The van der Waals surface area contributed by atoms with Gasteiger partial charge < -0.3 is 9.84 Å². The van der Waals surface area contributed by atoms with Crippen LogP contribution < -0.4 is 4.74 Å². The maximum Gasteiger partial charge on any atom is 0.354 e. The second kappa shape index (κ2) is 8.28. The molecule has 1 N–H and O–H groups in total. The molecule has 0 radical (unpaired) electrons. The molecule has 4 rings (SSSR count). The monoisotopic (exact) mass is 379 g/mol. The molecule has 3 aromatic carbocycles. The van der Waals surface area contributed by atoms with Gasteiger partial charge in [-0.3, -0.25) is 0 Å². The summed E-state index contributed by atoms with van der Waals surface area (Å²) in [6.45, 7) is 0.365. The van der Waals surface area contributed by atoms with Crippen LogP contribution in [0.1, 0.15) is 27.2 Å². The number of hydrogen-bond acceptors (Lipinski definition) is 3. The van der Waals surface area contributed by atoms with Crippen LogP contribution >= 0.6 is 0 Å². The smallest absolute Gasteiger partial charge is 0.354 e. The second-order valence-corrected chi connectivity index (χ2v) is 6.40. The maximum absolute atomic E-state index is 11.4. The van der Waals surface area contributed by atoms with Gasteiger partial charge in [-0.15, -0.1) is 0 Å². The Kier molecular flexibility index (Phi) is 5.22. The number of nitrogens with zero attached hydrogens (tertiary/aromatic N) is 1. The number of carboxylic acids is 1. The molecule has 0 bridgehead atoms. The maximum atomic E-state index is 11.4. The van der Waals surface area contributed by atoms with Crippen LogP contribution in [0.4, 0.5) is 0 Å². The Bertz CT molecular complexity index is 1220. The lowest BCUT2D eigenvalue weighted by atomic mass is 10.1. The van der Waals surface area contributed by atoms with Gasteiger partial charge in [0.05, 0.1) is 0 Å². The molecule has 0 aliphatic heterocycles. The lowest BCUT2D eigenvalue weighted by molar-refractivity contribution is 0.0691. The number of aromatic nitrogens is 1. The quantitative estimate of drug-likeness (QED) is 0.512. The predicted octanol–water partition coefficient (Wildman–Crippen LogP) is 4.91. The van der Waals surface area contributed by atoms with Gasteiger partial charge in [0.1, 0.15) is 23.6 Å². The van der Waals surface area contributed by atoms with Crippen molar-refractivity contribution in [3.8, 4) is 17.6 Å². The molecule has 4 aromatic rings. The molecular formula is C25H17NO3. The van der Waals surface area contributed by atoms with Gasteiger partial charge in [-0.2, -0.15) is 0 Å². The molecule has 0 amide bonds. The third-order valence-corrected chi connectivity index (χ3v) is 4.39. The minimum Gasteiger partial charge on any atom is -0.487 e. The first-order valence-corrected chi connectivity index (χ1v) is 9.11. The predicted molar refractivity (Wildman–Crippen MR) is 112 cm³/mol. The van der Waals surface area contributed by atoms with E-state index in [0.29, 0.717) is 17.9 Å². The van der Waals surface area contributed by atoms with Crippen LogP contribution in [0, 0.1) is 11.8 Å². The lowest BCUT2D eigenvalue weighted by Crippen LogP contribution is -2.02. The highest BCUT2D eigenvalue weighted by molar-refractivity contribution is 5.94. The molecule has 0 saturated carbocycles. The fraction of sp³-hybridized carbons (Fsp3) is 0.0400. The molecule has 0 spiro atoms. The highest BCUT2D eigenvalue weighted by Gasteiger charge is 2.12. The highest BCUT2D eigenvalue weighted by Crippen LogP contribution is 2.28. The third-order valence-electron chi connectivity index (χ3n) is 4.39. The zero-order valence-electron chi connectivity index (χ0n) is 15.5. The second-order valence-electron chi connectivity index (χ2n) is 6.40. The largest absolute Gasteiger partial charge is 0.487 e. The van der Waals surface area contributed by atoms with Crippen LogP contribution in [0.15, 0.2) is 84.9 Å². The average Bonchev–Trinajstić information content (AvgIpc) is 2.77. The molecular weight excluding hydrogens is 362 g/mol. The van der Waals surface area contributed by atoms with Crippen molar-refractivity contribution in [2.75, 3.05) is 0 Å². The molecule has 0 saturated heterocycles. The number of rotatable bonds is 4. The van der Waals surface area contributed by atoms with E-state index in [1.807, 2.05) is 66.7 Å². The van der Waals surface area contributed by atoms with Gasteiger partial charge in [0.25, 0.3) is 0 Å². The number of fused-ring (bicyclic) bond motifs is 1. The first-order chi connectivity index (χ1) is 14.2. The summed E-state index contributed by atoms with van der Waals surface area (Å²) in [5, 5.41) is 10.1. The van der Waals surface area contributed by atoms with Crippen molar-refractivity contribution in [2.24, 2.45) is 0 Å². The van der Waals surface area contributed by atoms with E-state index in [-0.39, 0.29) is 5.69 Å². The van der Waals surface area contributed by atoms with Crippen molar-refractivity contribution in [3.05, 3.63) is 107 Å². The van der Waals surface area contributed by atoms with Crippen molar-refractivity contribution >= 4 is 16.9 Å². The molecule has 29 heavy (non-hydrogen) atoms. The van der Waals surface area contributed by atoms with Crippen LogP contribution in [-0.2, 0) is 6.61 Å². The van der Waals surface area contributed by atoms with E-state index in [2.05, 4.69) is 16.8 Å². The average molecular weight is 379 g/mol. The van der Waals surface area contributed by atoms with Gasteiger partial charge in [-0.1, -0.05) is 60.4 Å². The molecule has 0 aliphatic carbocycles. The highest BCUT2D eigenvalue weighted by atomic mass is 16.5. The fourth-order valence-corrected chi connectivity index (χ4v) is 2.93. The number of carboxylic acid groups (broad SMARTS) is 1. The lowest BCUT2D eigenvalue weighted by Gasteiger charge is -2.11. The zero-order valence-corrected chi connectivity index (χ0v) is 15.5. The topological polar surface area (TPSA) is 59.4 Å². The van der Waals surface area contributed by atoms with Gasteiger partial charge in [-0.25, -0.2) is 9.78 Å². The summed E-state index contributed by atoms with van der Waals surface area (Å²) < 4.78 is 5.95. The normalized spacial score (nSPS) is 10.2. The van der Waals surface area contributed by atoms with E-state index in [1.54, 1.807) is 12.1 Å². The van der Waals surface area contributed by atoms with Crippen LogP contribution in [0.3, 0.4) is 0 Å². The van der Waals surface area contributed by atoms with Gasteiger partial charge in [0.15, 0.2) is 0 Å². The number of hydrogen-bond donors (Lipinski definition) is 1. The van der Waals surface area contributed by atoms with Gasteiger partial charge >= 0.3 is 5.97 Å². The SMILES string of the molecule is O=C(O)c1ccc2c(C#Cc3ccccc3)ccc(OCc3ccccc3)c2n1. The molecule has 0 atom stereocenters. The van der Waals surface area contributed by atoms with E-state index in [4.69, 9.17) is 4.74 Å². The molecule has 140 valence electrons. The molecule has 4 heteroatoms. The summed E-state index contributed by atoms with van der Waals surface area (Å²) in [6.07, 6.45) is 0. The Balaban J connectivity index is 1.75. The first kappa shape index (κ1) is 18.3. The van der Waals surface area contributed by atoms with Crippen molar-refractivity contribution in [2.45, 2.75) is 6.61 Å². The van der Waals surface area contributed by atoms with Gasteiger partial charge in [0, 0.05) is 16.5 Å². The molecule has 1 aromatic heterocycles. The molecule has 1 heterocycles. The fourth-order valence-electron chi connectivity index (χ4n) is 2.93. The number of benzene rings is 3. The van der Waals surface area contributed by atoms with Gasteiger partial charge in [0.2, 0.25) is 0 Å². The molecule has 4 nitrogen and oxygen atoms in total. The minimum absolute atomic E-state index is 0.0322. The summed E-state index contributed by atoms with van der Waals surface area (Å²) >= 11 is 0. The van der Waals surface area contributed by atoms with Crippen molar-refractivity contribution < 1.29 is 14.6 Å². The summed E-state index contributed by atoms with van der Waals surface area (Å²) in [6, 6.07) is 26.3. The minimum atomic E-state index is -1.08. The molecule has 0 fully saturated rings. The standard InChI is InChI=1S/C25H17NO3/c27-25(28)22-15-14-21-20(12-11-18-7-3-1-4-8-18)13-16-23(24(21)26-22)29-17-19-9-5-2-6-10-19/h1-10,13-16H,17H2,(H,27,28). The number of aromatic carboxylic acids is 1. The van der Waals surface area contributed by atoms with Crippen LogP contribution in [0.5, 0.6) is 5.75 Å². The third kappa shape index (κ3) is 4.26. The van der Waals surface area contributed by atoms with Crippen LogP contribution in [-0.4, -0.2) is 16.1 Å². The molecule has 0 aliphatic rings. The zero-order chi connectivity index (χ0) is 20.1. The Morgan fingerprint density at radius 2 is 1.59 bits per heavy atom. The Morgan fingerprint density at radius 1 is 0.862 bits per heavy atom. The Morgan fingerprint density at radius 3 is 2.31 bits per heavy atom. The van der Waals surface area contributed by atoms with E-state index in [1.165, 1.54) is 6.07 Å². The van der Waals surface area contributed by atoms with Crippen molar-refractivity contribution in [1.29, 1.82) is 0 Å². The summed E-state index contributed by atoms with van der Waals surface area (Å²) in [4.78, 5) is 15.7. The van der Waals surface area contributed by atoms with Gasteiger partial charge in [-0.05, 0) is 42.0 Å². The number of carbonyl (C=O) groups is 1. The van der Waals surface area contributed by atoms with Crippen molar-refractivity contribution in [3.63, 3.8) is 0 Å². The summed E-state index contributed by atoms with van der Waals surface area (Å²) in [7, 11) is 0. The first-order valence-electron chi connectivity index (χ1n) is 9.11.